The fourth-order valence-electron chi connectivity index (χ4n) is 4.82. The fraction of sp³-hybridized carbons (Fsp3) is 0.560. The van der Waals surface area contributed by atoms with Gasteiger partial charge in [0.1, 0.15) is 0 Å². The highest BCUT2D eigenvalue weighted by Gasteiger charge is 2.26. The fourth-order valence-corrected chi connectivity index (χ4v) is 4.82. The van der Waals surface area contributed by atoms with Crippen LogP contribution in [0.4, 0.5) is 5.69 Å². The van der Waals surface area contributed by atoms with Crippen molar-refractivity contribution in [3.63, 3.8) is 0 Å². The van der Waals surface area contributed by atoms with E-state index in [1.165, 1.54) is 37.8 Å². The lowest BCUT2D eigenvalue weighted by molar-refractivity contribution is 0.1000. The Morgan fingerprint density at radius 1 is 1.14 bits per heavy atom. The van der Waals surface area contributed by atoms with Gasteiger partial charge in [-0.15, -0.1) is 0 Å². The average Bonchev–Trinajstić information content (AvgIpc) is 2.99. The summed E-state index contributed by atoms with van der Waals surface area (Å²) in [6, 6.07) is 8.52. The summed E-state index contributed by atoms with van der Waals surface area (Å²) in [6.07, 6.45) is 9.86. The number of benzene rings is 1. The quantitative estimate of drug-likeness (QED) is 0.637. The monoisotopic (exact) mass is 395 g/mol. The Morgan fingerprint density at radius 3 is 2.34 bits per heavy atom. The maximum Gasteiger partial charge on any atom is 0.251 e. The van der Waals surface area contributed by atoms with E-state index in [0.717, 1.165) is 48.3 Å². The van der Waals surface area contributed by atoms with Crippen LogP contribution in [0.2, 0.25) is 0 Å². The Morgan fingerprint density at radius 2 is 1.79 bits per heavy atom. The lowest BCUT2D eigenvalue weighted by atomic mass is 9.89. The summed E-state index contributed by atoms with van der Waals surface area (Å²) in [5, 5.41) is 0. The molecule has 158 valence electrons. The highest BCUT2D eigenvalue weighted by molar-refractivity contribution is 6.02. The molecule has 0 saturated heterocycles. The molecule has 1 heterocycles. The number of amides is 1. The van der Waals surface area contributed by atoms with Crippen LogP contribution in [0.15, 0.2) is 24.3 Å². The predicted molar refractivity (Wildman–Crippen MR) is 123 cm³/mol. The second-order valence-electron chi connectivity index (χ2n) is 8.81. The molecular weight excluding hydrogens is 358 g/mol. The van der Waals surface area contributed by atoms with Crippen molar-refractivity contribution in [1.82, 2.24) is 4.57 Å². The zero-order valence-corrected chi connectivity index (χ0v) is 18.6. The Kier molecular flexibility index (Phi) is 7.05. The molecule has 3 rings (SSSR count). The van der Waals surface area contributed by atoms with Crippen molar-refractivity contribution in [2.45, 2.75) is 71.8 Å². The summed E-state index contributed by atoms with van der Waals surface area (Å²) in [4.78, 5) is 14.6. The molecule has 0 spiro atoms. The first-order chi connectivity index (χ1) is 13.9. The van der Waals surface area contributed by atoms with Crippen LogP contribution < -0.4 is 10.6 Å². The van der Waals surface area contributed by atoms with Gasteiger partial charge in [-0.2, -0.15) is 0 Å². The van der Waals surface area contributed by atoms with Gasteiger partial charge in [-0.25, -0.2) is 0 Å². The van der Waals surface area contributed by atoms with E-state index in [2.05, 4.69) is 47.6 Å². The third-order valence-corrected chi connectivity index (χ3v) is 6.48. The molecule has 2 aromatic rings. The van der Waals surface area contributed by atoms with Crippen LogP contribution in [-0.4, -0.2) is 24.6 Å². The lowest BCUT2D eigenvalue weighted by Gasteiger charge is -2.24. The minimum atomic E-state index is -0.311. The van der Waals surface area contributed by atoms with E-state index in [4.69, 9.17) is 5.73 Å². The third-order valence-electron chi connectivity index (χ3n) is 6.48. The normalized spacial score (nSPS) is 14.9. The van der Waals surface area contributed by atoms with E-state index in [1.807, 2.05) is 14.1 Å². The molecule has 1 aliphatic carbocycles. The van der Waals surface area contributed by atoms with Gasteiger partial charge in [-0.1, -0.05) is 44.7 Å². The molecule has 0 atom stereocenters. The molecular formula is C25H37N3O. The van der Waals surface area contributed by atoms with E-state index in [0.29, 0.717) is 11.5 Å². The lowest BCUT2D eigenvalue weighted by Crippen LogP contribution is -2.18. The standard InChI is InChI=1S/C25H37N3O/c1-5-6-12-22-24(20-13-15-21(16-14-20)27(3)4)23(25(26)29)18(2)28(22)17-19-10-8-7-9-11-19/h13-16,19H,5-12,17H2,1-4H3,(H2,26,29). The molecule has 4 heteroatoms. The maximum atomic E-state index is 12.5. The third kappa shape index (κ3) is 4.68. The maximum absolute atomic E-state index is 12.5. The van der Waals surface area contributed by atoms with Crippen molar-refractivity contribution < 1.29 is 4.79 Å². The summed E-state index contributed by atoms with van der Waals surface area (Å²) in [5.74, 6) is 0.397. The van der Waals surface area contributed by atoms with Gasteiger partial charge in [0.15, 0.2) is 0 Å². The molecule has 1 aliphatic rings. The molecule has 4 nitrogen and oxygen atoms in total. The van der Waals surface area contributed by atoms with Gasteiger partial charge in [-0.3, -0.25) is 4.79 Å². The van der Waals surface area contributed by atoms with Gasteiger partial charge >= 0.3 is 0 Å². The molecule has 1 amide bonds. The Bertz CT molecular complexity index is 827. The van der Waals surface area contributed by atoms with Gasteiger partial charge in [0.25, 0.3) is 5.91 Å². The van der Waals surface area contributed by atoms with Gasteiger partial charge in [0.2, 0.25) is 0 Å². The van der Waals surface area contributed by atoms with Crippen LogP contribution in [0.5, 0.6) is 0 Å². The van der Waals surface area contributed by atoms with E-state index in [1.54, 1.807) is 0 Å². The molecule has 29 heavy (non-hydrogen) atoms. The van der Waals surface area contributed by atoms with Crippen molar-refractivity contribution in [3.05, 3.63) is 41.2 Å². The Balaban J connectivity index is 2.10. The van der Waals surface area contributed by atoms with Crippen molar-refractivity contribution >= 4 is 11.6 Å². The summed E-state index contributed by atoms with van der Waals surface area (Å²) in [6.45, 7) is 5.32. The first-order valence-corrected chi connectivity index (χ1v) is 11.2. The van der Waals surface area contributed by atoms with Crippen LogP contribution in [0.1, 0.15) is 73.6 Å². The Hall–Kier alpha value is -2.23. The first-order valence-electron chi connectivity index (χ1n) is 11.2. The molecule has 0 unspecified atom stereocenters. The highest BCUT2D eigenvalue weighted by atomic mass is 16.1. The number of unbranched alkanes of at least 4 members (excludes halogenated alkanes) is 1. The number of carbonyl (C=O) groups excluding carboxylic acids is 1. The number of hydrogen-bond donors (Lipinski definition) is 1. The molecule has 2 N–H and O–H groups in total. The number of nitrogens with zero attached hydrogens (tertiary/aromatic N) is 2. The van der Waals surface area contributed by atoms with E-state index in [9.17, 15) is 4.79 Å². The number of hydrogen-bond acceptors (Lipinski definition) is 2. The van der Waals surface area contributed by atoms with Gasteiger partial charge < -0.3 is 15.2 Å². The molecule has 0 aliphatic heterocycles. The minimum Gasteiger partial charge on any atom is -0.378 e. The van der Waals surface area contributed by atoms with E-state index in [-0.39, 0.29) is 5.91 Å². The number of nitrogens with two attached hydrogens (primary N) is 1. The zero-order valence-electron chi connectivity index (χ0n) is 18.6. The highest BCUT2D eigenvalue weighted by Crippen LogP contribution is 2.36. The van der Waals surface area contributed by atoms with Crippen LogP contribution in [0.3, 0.4) is 0 Å². The SMILES string of the molecule is CCCCc1c(-c2ccc(N(C)C)cc2)c(C(N)=O)c(C)n1CC1CCCCC1. The van der Waals surface area contributed by atoms with Gasteiger partial charge in [0.05, 0.1) is 5.56 Å². The minimum absolute atomic E-state index is 0.311. The van der Waals surface area contributed by atoms with E-state index < -0.39 is 0 Å². The number of aromatic nitrogens is 1. The molecule has 1 aromatic carbocycles. The number of anilines is 1. The predicted octanol–water partition coefficient (Wildman–Crippen LogP) is 5.55. The van der Waals surface area contributed by atoms with Crippen molar-refractivity contribution in [3.8, 4) is 11.1 Å². The second kappa shape index (κ2) is 9.51. The van der Waals surface area contributed by atoms with Crippen LogP contribution >= 0.6 is 0 Å². The van der Waals surface area contributed by atoms with Crippen molar-refractivity contribution in [2.75, 3.05) is 19.0 Å². The summed E-state index contributed by atoms with van der Waals surface area (Å²) >= 11 is 0. The molecule has 1 saturated carbocycles. The molecule has 1 aromatic heterocycles. The largest absolute Gasteiger partial charge is 0.378 e. The number of carbonyl (C=O) groups is 1. The second-order valence-corrected chi connectivity index (χ2v) is 8.81. The molecule has 0 radical (unpaired) electrons. The van der Waals surface area contributed by atoms with Gasteiger partial charge in [-0.05, 0) is 56.2 Å². The molecule has 0 bridgehead atoms. The zero-order chi connectivity index (χ0) is 21.0. The summed E-state index contributed by atoms with van der Waals surface area (Å²) in [7, 11) is 4.09. The number of primary amides is 1. The van der Waals surface area contributed by atoms with Gasteiger partial charge in [0, 0.05) is 43.3 Å². The number of rotatable bonds is 8. The van der Waals surface area contributed by atoms with Crippen molar-refractivity contribution in [2.24, 2.45) is 11.7 Å². The smallest absolute Gasteiger partial charge is 0.251 e. The van der Waals surface area contributed by atoms with Crippen LogP contribution in [-0.2, 0) is 13.0 Å². The van der Waals surface area contributed by atoms with Crippen molar-refractivity contribution in [1.29, 1.82) is 0 Å². The van der Waals surface area contributed by atoms with Crippen LogP contribution in [0.25, 0.3) is 11.1 Å². The van der Waals surface area contributed by atoms with Crippen LogP contribution in [0, 0.1) is 12.8 Å². The summed E-state index contributed by atoms with van der Waals surface area (Å²) < 4.78 is 2.43. The molecule has 1 fully saturated rings. The average molecular weight is 396 g/mol. The first kappa shape index (κ1) is 21.5. The topological polar surface area (TPSA) is 51.3 Å². The van der Waals surface area contributed by atoms with E-state index >= 15 is 0 Å². The Labute approximate surface area is 176 Å². The summed E-state index contributed by atoms with van der Waals surface area (Å²) in [5.41, 5.74) is 12.3.